The molecule has 0 radical (unpaired) electrons. The molecule has 1 aliphatic rings. The molecule has 0 aromatic carbocycles. The Labute approximate surface area is 130 Å². The van der Waals surface area contributed by atoms with Crippen molar-refractivity contribution in [3.05, 3.63) is 0 Å². The SMILES string of the molecule is CC(CC(=O)OC(C)(C)C)NCCCNC1CCCCC1. The molecule has 0 bridgehead atoms. The fraction of sp³-hybridized carbons (Fsp3) is 0.941. The van der Waals surface area contributed by atoms with Crippen LogP contribution in [-0.4, -0.2) is 36.7 Å². The van der Waals surface area contributed by atoms with Gasteiger partial charge in [0.2, 0.25) is 0 Å². The molecule has 4 heteroatoms. The minimum absolute atomic E-state index is 0.122. The van der Waals surface area contributed by atoms with Gasteiger partial charge in [0.1, 0.15) is 5.60 Å². The van der Waals surface area contributed by atoms with Crippen LogP contribution in [-0.2, 0) is 9.53 Å². The Kier molecular flexibility index (Phi) is 8.27. The highest BCUT2D eigenvalue weighted by Gasteiger charge is 2.18. The molecule has 1 fully saturated rings. The van der Waals surface area contributed by atoms with Crippen molar-refractivity contribution < 1.29 is 9.53 Å². The minimum atomic E-state index is -0.388. The Hall–Kier alpha value is -0.610. The van der Waals surface area contributed by atoms with Crippen molar-refractivity contribution in [2.24, 2.45) is 0 Å². The number of hydrogen-bond donors (Lipinski definition) is 2. The van der Waals surface area contributed by atoms with E-state index in [1.165, 1.54) is 32.1 Å². The summed E-state index contributed by atoms with van der Waals surface area (Å²) in [5, 5.41) is 7.03. The first kappa shape index (κ1) is 18.4. The van der Waals surface area contributed by atoms with Crippen LogP contribution in [0, 0.1) is 0 Å². The number of nitrogens with one attached hydrogen (secondary N) is 2. The van der Waals surface area contributed by atoms with Gasteiger partial charge >= 0.3 is 5.97 Å². The third kappa shape index (κ3) is 9.86. The Morgan fingerprint density at radius 1 is 1.19 bits per heavy atom. The van der Waals surface area contributed by atoms with Crippen molar-refractivity contribution >= 4 is 5.97 Å². The number of hydrogen-bond acceptors (Lipinski definition) is 4. The molecule has 0 heterocycles. The first-order valence-electron chi connectivity index (χ1n) is 8.55. The number of carbonyl (C=O) groups is 1. The molecule has 1 atom stereocenters. The van der Waals surface area contributed by atoms with Crippen molar-refractivity contribution in [3.63, 3.8) is 0 Å². The summed E-state index contributed by atoms with van der Waals surface area (Å²) in [5.41, 5.74) is -0.388. The van der Waals surface area contributed by atoms with E-state index in [1.807, 2.05) is 27.7 Å². The molecule has 124 valence electrons. The number of esters is 1. The highest BCUT2D eigenvalue weighted by molar-refractivity contribution is 5.70. The van der Waals surface area contributed by atoms with Crippen LogP contribution < -0.4 is 10.6 Å². The van der Waals surface area contributed by atoms with Crippen LogP contribution in [0.3, 0.4) is 0 Å². The predicted molar refractivity (Wildman–Crippen MR) is 87.4 cm³/mol. The van der Waals surface area contributed by atoms with E-state index in [0.29, 0.717) is 6.42 Å². The molecule has 2 N–H and O–H groups in total. The second kappa shape index (κ2) is 9.42. The maximum Gasteiger partial charge on any atom is 0.307 e. The smallest absolute Gasteiger partial charge is 0.307 e. The lowest BCUT2D eigenvalue weighted by Gasteiger charge is -2.23. The molecular weight excluding hydrogens is 264 g/mol. The van der Waals surface area contributed by atoms with Gasteiger partial charge in [-0.3, -0.25) is 4.79 Å². The van der Waals surface area contributed by atoms with Gasteiger partial charge in [-0.25, -0.2) is 0 Å². The monoisotopic (exact) mass is 298 g/mol. The van der Waals surface area contributed by atoms with E-state index in [1.54, 1.807) is 0 Å². The van der Waals surface area contributed by atoms with Gasteiger partial charge in [-0.2, -0.15) is 0 Å². The van der Waals surface area contributed by atoms with Gasteiger partial charge in [0.15, 0.2) is 0 Å². The summed E-state index contributed by atoms with van der Waals surface area (Å²) in [4.78, 5) is 11.7. The van der Waals surface area contributed by atoms with Crippen LogP contribution in [0.2, 0.25) is 0 Å². The molecule has 0 saturated heterocycles. The van der Waals surface area contributed by atoms with Crippen LogP contribution in [0.5, 0.6) is 0 Å². The zero-order chi connectivity index (χ0) is 15.7. The fourth-order valence-electron chi connectivity index (χ4n) is 2.76. The van der Waals surface area contributed by atoms with Gasteiger partial charge in [0.05, 0.1) is 6.42 Å². The van der Waals surface area contributed by atoms with Crippen LogP contribution in [0.1, 0.15) is 72.6 Å². The lowest BCUT2D eigenvalue weighted by atomic mass is 9.95. The summed E-state index contributed by atoms with van der Waals surface area (Å²) in [6, 6.07) is 0.910. The normalized spacial score (nSPS) is 18.5. The van der Waals surface area contributed by atoms with Gasteiger partial charge in [-0.05, 0) is 60.0 Å². The molecule has 21 heavy (non-hydrogen) atoms. The Morgan fingerprint density at radius 3 is 2.48 bits per heavy atom. The van der Waals surface area contributed by atoms with Gasteiger partial charge in [-0.1, -0.05) is 19.3 Å². The molecule has 1 unspecified atom stereocenters. The van der Waals surface area contributed by atoms with E-state index >= 15 is 0 Å². The van der Waals surface area contributed by atoms with E-state index in [9.17, 15) is 4.79 Å². The maximum atomic E-state index is 11.7. The summed E-state index contributed by atoms with van der Waals surface area (Å²) in [6.45, 7) is 9.76. The van der Waals surface area contributed by atoms with Gasteiger partial charge in [0.25, 0.3) is 0 Å². The van der Waals surface area contributed by atoms with Crippen LogP contribution in [0.25, 0.3) is 0 Å². The molecular formula is C17H34N2O2. The van der Waals surface area contributed by atoms with E-state index < -0.39 is 0 Å². The first-order valence-corrected chi connectivity index (χ1v) is 8.55. The average Bonchev–Trinajstić information content (AvgIpc) is 2.37. The second-order valence-corrected chi connectivity index (χ2v) is 7.29. The number of rotatable bonds is 8. The van der Waals surface area contributed by atoms with Crippen LogP contribution in [0.4, 0.5) is 0 Å². The van der Waals surface area contributed by atoms with Crippen molar-refractivity contribution in [2.75, 3.05) is 13.1 Å². The molecule has 0 amide bonds. The molecule has 4 nitrogen and oxygen atoms in total. The summed E-state index contributed by atoms with van der Waals surface area (Å²) >= 11 is 0. The fourth-order valence-corrected chi connectivity index (χ4v) is 2.76. The topological polar surface area (TPSA) is 50.4 Å². The Balaban J connectivity index is 2.00. The van der Waals surface area contributed by atoms with E-state index in [-0.39, 0.29) is 17.6 Å². The number of ether oxygens (including phenoxy) is 1. The second-order valence-electron chi connectivity index (χ2n) is 7.29. The molecule has 0 aromatic rings. The summed E-state index contributed by atoms with van der Waals surface area (Å²) in [5.74, 6) is -0.122. The van der Waals surface area contributed by atoms with Crippen LogP contribution >= 0.6 is 0 Å². The lowest BCUT2D eigenvalue weighted by Crippen LogP contribution is -2.35. The molecule has 0 aromatic heterocycles. The standard InChI is InChI=1S/C17H34N2O2/c1-14(13-16(20)21-17(2,3)4)18-11-8-12-19-15-9-6-5-7-10-15/h14-15,18-19H,5-13H2,1-4H3. The van der Waals surface area contributed by atoms with E-state index in [2.05, 4.69) is 10.6 Å². The van der Waals surface area contributed by atoms with Crippen molar-refractivity contribution in [2.45, 2.75) is 90.3 Å². The minimum Gasteiger partial charge on any atom is -0.460 e. The Bertz CT molecular complexity index is 294. The zero-order valence-electron chi connectivity index (χ0n) is 14.3. The van der Waals surface area contributed by atoms with E-state index in [0.717, 1.165) is 25.6 Å². The Morgan fingerprint density at radius 2 is 1.86 bits per heavy atom. The highest BCUT2D eigenvalue weighted by atomic mass is 16.6. The molecule has 1 saturated carbocycles. The van der Waals surface area contributed by atoms with Gasteiger partial charge in [-0.15, -0.1) is 0 Å². The predicted octanol–water partition coefficient (Wildman–Crippen LogP) is 3.01. The van der Waals surface area contributed by atoms with Gasteiger partial charge < -0.3 is 15.4 Å². The maximum absolute atomic E-state index is 11.7. The largest absolute Gasteiger partial charge is 0.460 e. The third-order valence-corrected chi connectivity index (χ3v) is 3.78. The molecule has 0 aliphatic heterocycles. The van der Waals surface area contributed by atoms with Crippen molar-refractivity contribution in [1.82, 2.24) is 10.6 Å². The number of carbonyl (C=O) groups excluding carboxylic acids is 1. The van der Waals surface area contributed by atoms with Crippen molar-refractivity contribution in [1.29, 1.82) is 0 Å². The quantitative estimate of drug-likeness (QED) is 0.534. The lowest BCUT2D eigenvalue weighted by molar-refractivity contribution is -0.155. The summed E-state index contributed by atoms with van der Waals surface area (Å²) < 4.78 is 5.32. The third-order valence-electron chi connectivity index (χ3n) is 3.78. The van der Waals surface area contributed by atoms with E-state index in [4.69, 9.17) is 4.74 Å². The summed E-state index contributed by atoms with van der Waals surface area (Å²) in [7, 11) is 0. The summed E-state index contributed by atoms with van der Waals surface area (Å²) in [6.07, 6.45) is 8.38. The van der Waals surface area contributed by atoms with Gasteiger partial charge in [0, 0.05) is 12.1 Å². The highest BCUT2D eigenvalue weighted by Crippen LogP contribution is 2.17. The zero-order valence-corrected chi connectivity index (χ0v) is 14.3. The van der Waals surface area contributed by atoms with Crippen molar-refractivity contribution in [3.8, 4) is 0 Å². The molecule has 1 rings (SSSR count). The van der Waals surface area contributed by atoms with Crippen LogP contribution in [0.15, 0.2) is 0 Å². The average molecular weight is 298 g/mol. The molecule has 0 spiro atoms. The first-order chi connectivity index (χ1) is 9.87. The molecule has 1 aliphatic carbocycles.